The lowest BCUT2D eigenvalue weighted by Crippen LogP contribution is -2.03. The normalized spacial score (nSPS) is 10.3. The summed E-state index contributed by atoms with van der Waals surface area (Å²) in [5.74, 6) is 0.399. The van der Waals surface area contributed by atoms with Crippen LogP contribution in [-0.2, 0) is 4.74 Å². The van der Waals surface area contributed by atoms with Crippen LogP contribution in [0.25, 0.3) is 21.1 Å². The van der Waals surface area contributed by atoms with Gasteiger partial charge in [0.1, 0.15) is 15.8 Å². The number of carbonyl (C=O) groups excluding carboxylic acids is 1. The van der Waals surface area contributed by atoms with Crippen molar-refractivity contribution in [3.63, 3.8) is 0 Å². The fraction of sp³-hybridized carbons (Fsp3) is 0.118. The Morgan fingerprint density at radius 3 is 2.35 bits per heavy atom. The van der Waals surface area contributed by atoms with Crippen LogP contribution in [0.15, 0.2) is 48.5 Å². The number of esters is 1. The lowest BCUT2D eigenvalue weighted by atomic mass is 10.1. The van der Waals surface area contributed by atoms with Crippen molar-refractivity contribution in [1.82, 2.24) is 10.2 Å². The van der Waals surface area contributed by atoms with Gasteiger partial charge in [0.15, 0.2) is 0 Å². The topological polar surface area (TPSA) is 61.3 Å². The van der Waals surface area contributed by atoms with Crippen molar-refractivity contribution in [1.29, 1.82) is 0 Å². The molecule has 2 aromatic carbocycles. The van der Waals surface area contributed by atoms with E-state index in [1.165, 1.54) is 18.4 Å². The van der Waals surface area contributed by atoms with Gasteiger partial charge in [-0.2, -0.15) is 0 Å². The molecule has 116 valence electrons. The maximum atomic E-state index is 11.9. The first-order chi connectivity index (χ1) is 11.2. The molecule has 0 saturated carbocycles. The van der Waals surface area contributed by atoms with Crippen molar-refractivity contribution in [3.05, 3.63) is 54.1 Å². The SMILES string of the molecule is COC(=O)c1ccccc1-c1nnc(-c2ccc(OC)cc2)s1. The number of rotatable bonds is 4. The van der Waals surface area contributed by atoms with E-state index in [2.05, 4.69) is 10.2 Å². The molecule has 0 unspecified atom stereocenters. The standard InChI is InChI=1S/C17H14N2O3S/c1-21-12-9-7-11(8-10-12)15-18-19-16(23-15)13-5-3-4-6-14(13)17(20)22-2/h3-10H,1-2H3. The molecule has 0 atom stereocenters. The molecule has 0 bridgehead atoms. The second-order valence-electron chi connectivity index (χ2n) is 4.68. The molecule has 0 saturated heterocycles. The van der Waals surface area contributed by atoms with E-state index in [9.17, 15) is 4.79 Å². The zero-order valence-electron chi connectivity index (χ0n) is 12.6. The van der Waals surface area contributed by atoms with Crippen LogP contribution < -0.4 is 4.74 Å². The lowest BCUT2D eigenvalue weighted by molar-refractivity contribution is 0.0601. The molecule has 3 aromatic rings. The van der Waals surface area contributed by atoms with E-state index >= 15 is 0 Å². The largest absolute Gasteiger partial charge is 0.497 e. The quantitative estimate of drug-likeness (QED) is 0.685. The summed E-state index contributed by atoms with van der Waals surface area (Å²) in [5.41, 5.74) is 2.15. The molecule has 5 nitrogen and oxygen atoms in total. The molecule has 1 aromatic heterocycles. The first kappa shape index (κ1) is 15.2. The maximum absolute atomic E-state index is 11.9. The van der Waals surface area contributed by atoms with Gasteiger partial charge in [0.25, 0.3) is 0 Å². The van der Waals surface area contributed by atoms with E-state index in [0.29, 0.717) is 10.6 Å². The van der Waals surface area contributed by atoms with Crippen molar-refractivity contribution in [2.45, 2.75) is 0 Å². The molecule has 0 aliphatic rings. The summed E-state index contributed by atoms with van der Waals surface area (Å²) in [7, 11) is 2.99. The number of methoxy groups -OCH3 is 2. The Kier molecular flexibility index (Phi) is 4.34. The molecule has 0 N–H and O–H groups in total. The van der Waals surface area contributed by atoms with Crippen LogP contribution in [0.2, 0.25) is 0 Å². The summed E-state index contributed by atoms with van der Waals surface area (Å²) < 4.78 is 9.97. The molecule has 1 heterocycles. The van der Waals surface area contributed by atoms with Gasteiger partial charge in [-0.05, 0) is 30.3 Å². The zero-order chi connectivity index (χ0) is 16.2. The summed E-state index contributed by atoms with van der Waals surface area (Å²) in [6.07, 6.45) is 0. The number of hydrogen-bond donors (Lipinski definition) is 0. The number of benzene rings is 2. The Hall–Kier alpha value is -2.73. The minimum atomic E-state index is -0.387. The van der Waals surface area contributed by atoms with E-state index < -0.39 is 0 Å². The molecule has 0 amide bonds. The first-order valence-electron chi connectivity index (χ1n) is 6.88. The maximum Gasteiger partial charge on any atom is 0.338 e. The number of aromatic nitrogens is 2. The minimum absolute atomic E-state index is 0.387. The molecule has 6 heteroatoms. The summed E-state index contributed by atoms with van der Waals surface area (Å²) in [6, 6.07) is 14.8. The average Bonchev–Trinajstić information content (AvgIpc) is 3.11. The molecule has 3 rings (SSSR count). The van der Waals surface area contributed by atoms with Gasteiger partial charge in [-0.15, -0.1) is 10.2 Å². The Labute approximate surface area is 137 Å². The van der Waals surface area contributed by atoms with Crippen LogP contribution in [0.3, 0.4) is 0 Å². The predicted octanol–water partition coefficient (Wildman–Crippen LogP) is 3.67. The number of ether oxygens (including phenoxy) is 2. The third kappa shape index (κ3) is 3.07. The Morgan fingerprint density at radius 2 is 1.65 bits per heavy atom. The molecule has 23 heavy (non-hydrogen) atoms. The van der Waals surface area contributed by atoms with Crippen molar-refractivity contribution < 1.29 is 14.3 Å². The van der Waals surface area contributed by atoms with Gasteiger partial charge in [0.2, 0.25) is 0 Å². The van der Waals surface area contributed by atoms with Gasteiger partial charge in [-0.3, -0.25) is 0 Å². The summed E-state index contributed by atoms with van der Waals surface area (Å²) in [5, 5.41) is 9.89. The fourth-order valence-electron chi connectivity index (χ4n) is 2.14. The Morgan fingerprint density at radius 1 is 0.957 bits per heavy atom. The Bertz CT molecular complexity index is 828. The van der Waals surface area contributed by atoms with Gasteiger partial charge >= 0.3 is 5.97 Å². The van der Waals surface area contributed by atoms with E-state index in [1.54, 1.807) is 19.2 Å². The van der Waals surface area contributed by atoms with Crippen LogP contribution in [-0.4, -0.2) is 30.4 Å². The van der Waals surface area contributed by atoms with Crippen molar-refractivity contribution in [2.75, 3.05) is 14.2 Å². The number of hydrogen-bond acceptors (Lipinski definition) is 6. The third-order valence-electron chi connectivity index (χ3n) is 3.32. The molecular formula is C17H14N2O3S. The Balaban J connectivity index is 1.97. The molecule has 0 spiro atoms. The van der Waals surface area contributed by atoms with Gasteiger partial charge in [-0.25, -0.2) is 4.79 Å². The zero-order valence-corrected chi connectivity index (χ0v) is 13.5. The molecule has 0 aliphatic heterocycles. The summed E-state index contributed by atoms with van der Waals surface area (Å²) in [6.45, 7) is 0. The van der Waals surface area contributed by atoms with E-state index in [1.807, 2.05) is 36.4 Å². The monoisotopic (exact) mass is 326 g/mol. The van der Waals surface area contributed by atoms with Crippen molar-refractivity contribution in [3.8, 4) is 26.9 Å². The third-order valence-corrected chi connectivity index (χ3v) is 4.33. The molecule has 0 radical (unpaired) electrons. The average molecular weight is 326 g/mol. The second kappa shape index (κ2) is 6.58. The van der Waals surface area contributed by atoms with E-state index in [0.717, 1.165) is 21.9 Å². The molecule has 0 aliphatic carbocycles. The fourth-order valence-corrected chi connectivity index (χ4v) is 3.03. The summed E-state index contributed by atoms with van der Waals surface area (Å²) in [4.78, 5) is 11.9. The highest BCUT2D eigenvalue weighted by Gasteiger charge is 2.16. The summed E-state index contributed by atoms with van der Waals surface area (Å²) >= 11 is 1.42. The van der Waals surface area contributed by atoms with Crippen molar-refractivity contribution in [2.24, 2.45) is 0 Å². The van der Waals surface area contributed by atoms with Crippen LogP contribution in [0.4, 0.5) is 0 Å². The first-order valence-corrected chi connectivity index (χ1v) is 7.70. The highest BCUT2D eigenvalue weighted by molar-refractivity contribution is 7.18. The van der Waals surface area contributed by atoms with Gasteiger partial charge < -0.3 is 9.47 Å². The lowest BCUT2D eigenvalue weighted by Gasteiger charge is -2.03. The van der Waals surface area contributed by atoms with Gasteiger partial charge in [0.05, 0.1) is 19.8 Å². The van der Waals surface area contributed by atoms with Crippen LogP contribution in [0.5, 0.6) is 5.75 Å². The van der Waals surface area contributed by atoms with Gasteiger partial charge in [-0.1, -0.05) is 29.5 Å². The highest BCUT2D eigenvalue weighted by atomic mass is 32.1. The van der Waals surface area contributed by atoms with Crippen molar-refractivity contribution >= 4 is 17.3 Å². The molecular weight excluding hydrogens is 312 g/mol. The highest BCUT2D eigenvalue weighted by Crippen LogP contribution is 2.32. The molecule has 0 fully saturated rings. The van der Waals surface area contributed by atoms with Crippen LogP contribution in [0.1, 0.15) is 10.4 Å². The van der Waals surface area contributed by atoms with E-state index in [-0.39, 0.29) is 5.97 Å². The minimum Gasteiger partial charge on any atom is -0.497 e. The smallest absolute Gasteiger partial charge is 0.338 e. The van der Waals surface area contributed by atoms with Crippen LogP contribution in [0, 0.1) is 0 Å². The number of nitrogens with zero attached hydrogens (tertiary/aromatic N) is 2. The second-order valence-corrected chi connectivity index (χ2v) is 5.66. The predicted molar refractivity (Wildman–Crippen MR) is 88.7 cm³/mol. The van der Waals surface area contributed by atoms with Crippen LogP contribution >= 0.6 is 11.3 Å². The van der Waals surface area contributed by atoms with Gasteiger partial charge in [0, 0.05) is 11.1 Å². The van der Waals surface area contributed by atoms with E-state index in [4.69, 9.17) is 9.47 Å². The number of carbonyl (C=O) groups is 1.